The molecule has 3 aromatic rings. The maximum absolute atomic E-state index is 13.5. The highest BCUT2D eigenvalue weighted by Crippen LogP contribution is 2.42. The zero-order valence-corrected chi connectivity index (χ0v) is 21.0. The SMILES string of the molecule is COc1cc(C=CC2=NOC(C)(c3cc(C(F)(F)F)cc(C(F)(F)F)c3)N2CCO)ccc1-n1cnc(C)c1. The molecule has 0 bridgehead atoms. The number of oxime groups is 1. The largest absolute Gasteiger partial charge is 0.495 e. The topological polar surface area (TPSA) is 72.1 Å². The summed E-state index contributed by atoms with van der Waals surface area (Å²) in [5.74, 6) is 0.616. The van der Waals surface area contributed by atoms with Crippen molar-refractivity contribution in [3.63, 3.8) is 0 Å². The highest BCUT2D eigenvalue weighted by molar-refractivity contribution is 5.97. The predicted octanol–water partition coefficient (Wildman–Crippen LogP) is 5.75. The number of hydrogen-bond acceptors (Lipinski definition) is 6. The van der Waals surface area contributed by atoms with Crippen molar-refractivity contribution in [1.82, 2.24) is 14.5 Å². The van der Waals surface area contributed by atoms with E-state index in [0.29, 0.717) is 23.4 Å². The molecule has 1 unspecified atom stereocenters. The highest BCUT2D eigenvalue weighted by Gasteiger charge is 2.46. The number of imidazole rings is 1. The second kappa shape index (κ2) is 10.3. The van der Waals surface area contributed by atoms with Crippen LogP contribution in [-0.4, -0.2) is 45.7 Å². The molecule has 0 saturated carbocycles. The Kier molecular flexibility index (Phi) is 7.39. The molecule has 2 aromatic carbocycles. The van der Waals surface area contributed by atoms with Gasteiger partial charge in [-0.25, -0.2) is 4.98 Å². The van der Waals surface area contributed by atoms with Gasteiger partial charge in [0, 0.05) is 25.2 Å². The van der Waals surface area contributed by atoms with E-state index in [-0.39, 0.29) is 18.4 Å². The van der Waals surface area contributed by atoms with Gasteiger partial charge in [-0.1, -0.05) is 17.3 Å². The van der Waals surface area contributed by atoms with Crippen molar-refractivity contribution in [2.24, 2.45) is 5.16 Å². The Morgan fingerprint density at radius 2 is 1.69 bits per heavy atom. The fourth-order valence-corrected chi connectivity index (χ4v) is 4.17. The van der Waals surface area contributed by atoms with Crippen molar-refractivity contribution < 1.29 is 41.0 Å². The Hall–Kier alpha value is -4.00. The van der Waals surface area contributed by atoms with Crippen LogP contribution in [0.4, 0.5) is 26.3 Å². The number of amidine groups is 1. The summed E-state index contributed by atoms with van der Waals surface area (Å²) >= 11 is 0. The van der Waals surface area contributed by atoms with Gasteiger partial charge in [0.25, 0.3) is 0 Å². The third-order valence-corrected chi connectivity index (χ3v) is 6.17. The lowest BCUT2D eigenvalue weighted by atomic mass is 9.96. The molecule has 0 aliphatic carbocycles. The van der Waals surface area contributed by atoms with Crippen LogP contribution >= 0.6 is 0 Å². The van der Waals surface area contributed by atoms with Crippen LogP contribution in [0.25, 0.3) is 11.8 Å². The number of aliphatic hydroxyl groups is 1. The van der Waals surface area contributed by atoms with Crippen molar-refractivity contribution in [2.75, 3.05) is 20.3 Å². The van der Waals surface area contributed by atoms with Crippen LogP contribution in [-0.2, 0) is 22.9 Å². The van der Waals surface area contributed by atoms with Crippen molar-refractivity contribution in [3.8, 4) is 11.4 Å². The Morgan fingerprint density at radius 1 is 1.03 bits per heavy atom. The van der Waals surface area contributed by atoms with E-state index >= 15 is 0 Å². The van der Waals surface area contributed by atoms with Crippen LogP contribution < -0.4 is 4.74 Å². The van der Waals surface area contributed by atoms with E-state index in [4.69, 9.17) is 9.57 Å². The van der Waals surface area contributed by atoms with E-state index in [1.54, 1.807) is 35.2 Å². The van der Waals surface area contributed by atoms with E-state index in [9.17, 15) is 31.4 Å². The number of nitrogens with zero attached hydrogens (tertiary/aromatic N) is 4. The Morgan fingerprint density at radius 3 is 2.23 bits per heavy atom. The first kappa shape index (κ1) is 28.0. The Bertz CT molecular complexity index is 1380. The standard InChI is InChI=1S/C26H24F6N4O3/c1-16-14-35(15-33-16)21-6-4-17(10-22(21)38-3)5-7-23-34-39-24(2,36(23)8-9-37)18-11-19(25(27,28)29)13-20(12-18)26(30,31)32/h4-7,10-15,37H,8-9H2,1-3H3. The number of halogens is 6. The molecule has 1 aromatic heterocycles. The Balaban J connectivity index is 1.67. The first-order valence-electron chi connectivity index (χ1n) is 11.6. The van der Waals surface area contributed by atoms with Crippen LogP contribution in [0.3, 0.4) is 0 Å². The van der Waals surface area contributed by atoms with Crippen LogP contribution in [0.1, 0.15) is 34.9 Å². The molecule has 0 fully saturated rings. The van der Waals surface area contributed by atoms with Crippen LogP contribution in [0, 0.1) is 6.92 Å². The number of benzene rings is 2. The molecule has 0 saturated heterocycles. The normalized spacial score (nSPS) is 18.0. The van der Waals surface area contributed by atoms with Gasteiger partial charge in [-0.2, -0.15) is 26.3 Å². The van der Waals surface area contributed by atoms with Crippen LogP contribution in [0.5, 0.6) is 5.75 Å². The molecule has 1 N–H and O–H groups in total. The van der Waals surface area contributed by atoms with E-state index in [1.807, 2.05) is 13.1 Å². The fraction of sp³-hybridized carbons (Fsp3) is 0.308. The molecule has 39 heavy (non-hydrogen) atoms. The highest BCUT2D eigenvalue weighted by atomic mass is 19.4. The monoisotopic (exact) mass is 554 g/mol. The maximum atomic E-state index is 13.5. The number of rotatable bonds is 7. The van der Waals surface area contributed by atoms with Crippen molar-refractivity contribution in [1.29, 1.82) is 0 Å². The number of aliphatic hydroxyl groups excluding tert-OH is 1. The van der Waals surface area contributed by atoms with E-state index in [2.05, 4.69) is 10.1 Å². The van der Waals surface area contributed by atoms with Gasteiger partial charge in [-0.05, 0) is 48.9 Å². The van der Waals surface area contributed by atoms with E-state index < -0.39 is 41.4 Å². The lowest BCUT2D eigenvalue weighted by Gasteiger charge is -2.34. The third-order valence-electron chi connectivity index (χ3n) is 6.17. The number of aromatic nitrogens is 2. The minimum atomic E-state index is -5.03. The number of aryl methyl sites for hydroxylation is 1. The summed E-state index contributed by atoms with van der Waals surface area (Å²) in [6, 6.07) is 6.52. The van der Waals surface area contributed by atoms with Gasteiger partial charge < -0.3 is 24.1 Å². The van der Waals surface area contributed by atoms with Crippen LogP contribution in [0.15, 0.2) is 60.2 Å². The quantitative estimate of drug-likeness (QED) is 0.377. The molecule has 0 amide bonds. The molecule has 0 radical (unpaired) electrons. The number of β-amino-alcohol motifs (C(OH)–C–C–N with tert-alkyl or cyclic N) is 1. The van der Waals surface area contributed by atoms with E-state index in [1.165, 1.54) is 25.0 Å². The van der Waals surface area contributed by atoms with Gasteiger partial charge in [-0.15, -0.1) is 0 Å². The minimum absolute atomic E-state index is 0.0437. The molecule has 4 rings (SSSR count). The molecule has 208 valence electrons. The van der Waals surface area contributed by atoms with Crippen molar-refractivity contribution >= 4 is 11.9 Å². The summed E-state index contributed by atoms with van der Waals surface area (Å²) in [4.78, 5) is 10.9. The van der Waals surface area contributed by atoms with Gasteiger partial charge >= 0.3 is 12.4 Å². The fourth-order valence-electron chi connectivity index (χ4n) is 4.17. The molecular formula is C26H24F6N4O3. The summed E-state index contributed by atoms with van der Waals surface area (Å²) in [6.45, 7) is 2.48. The third kappa shape index (κ3) is 5.72. The minimum Gasteiger partial charge on any atom is -0.495 e. The van der Waals surface area contributed by atoms with Crippen molar-refractivity contribution in [2.45, 2.75) is 31.9 Å². The van der Waals surface area contributed by atoms with Gasteiger partial charge in [-0.3, -0.25) is 0 Å². The van der Waals surface area contributed by atoms with Gasteiger partial charge in [0.2, 0.25) is 5.72 Å². The molecule has 0 spiro atoms. The number of hydrogen-bond donors (Lipinski definition) is 1. The Labute approximate surface area is 219 Å². The molecule has 2 heterocycles. The van der Waals surface area contributed by atoms with Crippen LogP contribution in [0.2, 0.25) is 0 Å². The number of ether oxygens (including phenoxy) is 1. The first-order valence-corrected chi connectivity index (χ1v) is 11.6. The molecule has 1 atom stereocenters. The molecule has 1 aliphatic heterocycles. The lowest BCUT2D eigenvalue weighted by Crippen LogP contribution is -2.45. The molecule has 13 heteroatoms. The second-order valence-electron chi connectivity index (χ2n) is 8.88. The second-order valence-corrected chi connectivity index (χ2v) is 8.88. The lowest BCUT2D eigenvalue weighted by molar-refractivity contribution is -0.144. The predicted molar refractivity (Wildman–Crippen MR) is 130 cm³/mol. The van der Waals surface area contributed by atoms with Gasteiger partial charge in [0.1, 0.15) is 5.75 Å². The smallest absolute Gasteiger partial charge is 0.416 e. The molecule has 7 nitrogen and oxygen atoms in total. The maximum Gasteiger partial charge on any atom is 0.416 e. The van der Waals surface area contributed by atoms with Gasteiger partial charge in [0.05, 0.1) is 42.6 Å². The molecular weight excluding hydrogens is 530 g/mol. The average Bonchev–Trinajstić information content (AvgIpc) is 3.45. The average molecular weight is 554 g/mol. The zero-order valence-electron chi connectivity index (χ0n) is 21.0. The zero-order chi connectivity index (χ0) is 28.6. The number of methoxy groups -OCH3 is 1. The van der Waals surface area contributed by atoms with Crippen molar-refractivity contribution in [3.05, 3.63) is 82.9 Å². The summed E-state index contributed by atoms with van der Waals surface area (Å²) in [5, 5.41) is 13.5. The summed E-state index contributed by atoms with van der Waals surface area (Å²) in [6.07, 6.45) is -3.50. The number of alkyl halides is 6. The summed E-state index contributed by atoms with van der Waals surface area (Å²) < 4.78 is 88.0. The summed E-state index contributed by atoms with van der Waals surface area (Å²) in [5.41, 5.74) is -3.04. The summed E-state index contributed by atoms with van der Waals surface area (Å²) in [7, 11) is 1.50. The molecule has 1 aliphatic rings. The van der Waals surface area contributed by atoms with Gasteiger partial charge in [0.15, 0.2) is 5.84 Å². The van der Waals surface area contributed by atoms with E-state index in [0.717, 1.165) is 11.4 Å². The first-order chi connectivity index (χ1) is 18.3.